The van der Waals surface area contributed by atoms with Crippen molar-refractivity contribution in [1.29, 1.82) is 0 Å². The van der Waals surface area contributed by atoms with E-state index in [4.69, 9.17) is 37.1 Å². The van der Waals surface area contributed by atoms with Crippen LogP contribution < -0.4 is 20.2 Å². The fourth-order valence-electron chi connectivity index (χ4n) is 3.49. The van der Waals surface area contributed by atoms with Crippen molar-refractivity contribution in [2.24, 2.45) is 0 Å². The molecule has 1 aromatic heterocycles. The van der Waals surface area contributed by atoms with Gasteiger partial charge >= 0.3 is 6.18 Å². The van der Waals surface area contributed by atoms with E-state index in [9.17, 15) is 22.8 Å². The van der Waals surface area contributed by atoms with Crippen molar-refractivity contribution in [3.63, 3.8) is 0 Å². The van der Waals surface area contributed by atoms with Crippen LogP contribution in [-0.4, -0.2) is 19.6 Å². The summed E-state index contributed by atoms with van der Waals surface area (Å²) in [7, 11) is 1.29. The van der Waals surface area contributed by atoms with Crippen LogP contribution in [0.2, 0.25) is 10.0 Å². The molecule has 0 unspecified atom stereocenters. The number of hydrogen-bond donors (Lipinski definition) is 1. The summed E-state index contributed by atoms with van der Waals surface area (Å²) < 4.78 is 57.5. The molecule has 0 spiro atoms. The van der Waals surface area contributed by atoms with Gasteiger partial charge in [0.2, 0.25) is 11.2 Å². The number of fused-ring (bicyclic) bond motifs is 1. The van der Waals surface area contributed by atoms with Gasteiger partial charge in [0.1, 0.15) is 17.1 Å². The first-order valence-electron chi connectivity index (χ1n) is 10.3. The first-order chi connectivity index (χ1) is 17.1. The SMILES string of the molecule is COc1ccccc1-c1c(C(F)(F)F)oc2cc(OCC(=O)Nc3cccc(Cl)c3Cl)ccc2c1=O. The molecule has 3 aromatic carbocycles. The van der Waals surface area contributed by atoms with Crippen LogP contribution in [-0.2, 0) is 11.0 Å². The zero-order valence-electron chi connectivity index (χ0n) is 18.4. The predicted molar refractivity (Wildman–Crippen MR) is 130 cm³/mol. The Bertz CT molecular complexity index is 1520. The molecule has 11 heteroatoms. The molecule has 0 aliphatic rings. The molecule has 0 aliphatic carbocycles. The molecule has 0 atom stereocenters. The predicted octanol–water partition coefficient (Wildman–Crippen LogP) is 6.81. The molecule has 1 amide bonds. The van der Waals surface area contributed by atoms with Crippen LogP contribution in [0.25, 0.3) is 22.1 Å². The monoisotopic (exact) mass is 537 g/mol. The van der Waals surface area contributed by atoms with E-state index in [0.29, 0.717) is 0 Å². The van der Waals surface area contributed by atoms with Gasteiger partial charge in [-0.15, -0.1) is 0 Å². The fourth-order valence-corrected chi connectivity index (χ4v) is 3.84. The third-order valence-corrected chi connectivity index (χ3v) is 5.91. The number of carbonyl (C=O) groups excluding carboxylic acids is 1. The van der Waals surface area contributed by atoms with Crippen LogP contribution in [0.1, 0.15) is 5.76 Å². The molecule has 36 heavy (non-hydrogen) atoms. The number of rotatable bonds is 6. The van der Waals surface area contributed by atoms with Gasteiger partial charge in [-0.3, -0.25) is 9.59 Å². The van der Waals surface area contributed by atoms with E-state index < -0.39 is 35.4 Å². The second-order valence-corrected chi connectivity index (χ2v) is 8.21. The van der Waals surface area contributed by atoms with Crippen LogP contribution >= 0.6 is 23.2 Å². The van der Waals surface area contributed by atoms with Crippen molar-refractivity contribution in [1.82, 2.24) is 0 Å². The zero-order chi connectivity index (χ0) is 26.0. The van der Waals surface area contributed by atoms with Crippen molar-refractivity contribution in [2.45, 2.75) is 6.18 Å². The summed E-state index contributed by atoms with van der Waals surface area (Å²) in [5, 5.41) is 2.80. The lowest BCUT2D eigenvalue weighted by molar-refractivity contribution is -0.152. The summed E-state index contributed by atoms with van der Waals surface area (Å²) in [6.07, 6.45) is -4.98. The van der Waals surface area contributed by atoms with Crippen molar-refractivity contribution in [3.8, 4) is 22.6 Å². The normalized spacial score (nSPS) is 11.4. The number of amides is 1. The van der Waals surface area contributed by atoms with Crippen molar-refractivity contribution < 1.29 is 31.9 Å². The summed E-state index contributed by atoms with van der Waals surface area (Å²) in [6.45, 7) is -0.496. The summed E-state index contributed by atoms with van der Waals surface area (Å²) in [4.78, 5) is 25.4. The van der Waals surface area contributed by atoms with E-state index in [-0.39, 0.29) is 43.8 Å². The summed E-state index contributed by atoms with van der Waals surface area (Å²) in [5.74, 6) is -1.98. The van der Waals surface area contributed by atoms with Gasteiger partial charge in [0.15, 0.2) is 6.61 Å². The average Bonchev–Trinajstić information content (AvgIpc) is 2.85. The highest BCUT2D eigenvalue weighted by Crippen LogP contribution is 2.40. The second-order valence-electron chi connectivity index (χ2n) is 7.43. The van der Waals surface area contributed by atoms with Gasteiger partial charge in [0.05, 0.1) is 33.8 Å². The number of alkyl halides is 3. The molecular weight excluding hydrogens is 522 g/mol. The van der Waals surface area contributed by atoms with Gasteiger partial charge < -0.3 is 19.2 Å². The van der Waals surface area contributed by atoms with Crippen molar-refractivity contribution in [2.75, 3.05) is 19.0 Å². The average molecular weight is 538 g/mol. The highest BCUT2D eigenvalue weighted by Gasteiger charge is 2.40. The maximum atomic E-state index is 13.9. The Morgan fingerprint density at radius 1 is 1.06 bits per heavy atom. The second kappa shape index (κ2) is 10.1. The first kappa shape index (κ1) is 25.4. The van der Waals surface area contributed by atoms with E-state index in [0.717, 1.165) is 6.07 Å². The Hall–Kier alpha value is -3.69. The highest BCUT2D eigenvalue weighted by molar-refractivity contribution is 6.44. The van der Waals surface area contributed by atoms with Gasteiger partial charge in [0.25, 0.3) is 5.91 Å². The van der Waals surface area contributed by atoms with E-state index >= 15 is 0 Å². The largest absolute Gasteiger partial charge is 0.496 e. The first-order valence-corrected chi connectivity index (χ1v) is 11.0. The summed E-state index contributed by atoms with van der Waals surface area (Å²) in [5.41, 5.74) is -1.71. The van der Waals surface area contributed by atoms with Gasteiger partial charge in [0, 0.05) is 11.6 Å². The maximum Gasteiger partial charge on any atom is 0.450 e. The molecular formula is C25H16Cl2F3NO5. The molecule has 0 fully saturated rings. The van der Waals surface area contributed by atoms with E-state index in [1.807, 2.05) is 0 Å². The minimum atomic E-state index is -4.98. The highest BCUT2D eigenvalue weighted by atomic mass is 35.5. The van der Waals surface area contributed by atoms with Gasteiger partial charge in [-0.25, -0.2) is 0 Å². The number of carbonyl (C=O) groups is 1. The van der Waals surface area contributed by atoms with Gasteiger partial charge in [-0.2, -0.15) is 13.2 Å². The maximum absolute atomic E-state index is 13.9. The molecule has 0 aliphatic heterocycles. The molecule has 4 rings (SSSR count). The fraction of sp³-hybridized carbons (Fsp3) is 0.120. The topological polar surface area (TPSA) is 77.8 Å². The Balaban J connectivity index is 1.67. The Morgan fingerprint density at radius 3 is 2.53 bits per heavy atom. The molecule has 1 N–H and O–H groups in total. The van der Waals surface area contributed by atoms with E-state index in [1.165, 1.54) is 43.5 Å². The lowest BCUT2D eigenvalue weighted by atomic mass is 10.0. The number of anilines is 1. The zero-order valence-corrected chi connectivity index (χ0v) is 19.9. The number of para-hydroxylation sites is 1. The van der Waals surface area contributed by atoms with Crippen molar-refractivity contribution in [3.05, 3.63) is 86.7 Å². The smallest absolute Gasteiger partial charge is 0.450 e. The Labute approximate surface area is 212 Å². The van der Waals surface area contributed by atoms with Crippen LogP contribution in [0.5, 0.6) is 11.5 Å². The molecule has 0 bridgehead atoms. The van der Waals surface area contributed by atoms with Crippen LogP contribution in [0.15, 0.2) is 69.9 Å². The van der Waals surface area contributed by atoms with Crippen LogP contribution in [0, 0.1) is 0 Å². The lowest BCUT2D eigenvalue weighted by Gasteiger charge is -2.15. The summed E-state index contributed by atoms with van der Waals surface area (Å²) in [6, 6.07) is 14.2. The van der Waals surface area contributed by atoms with Crippen molar-refractivity contribution >= 4 is 45.8 Å². The number of methoxy groups -OCH3 is 1. The minimum absolute atomic E-state index is 0.0103. The molecule has 4 aromatic rings. The molecule has 186 valence electrons. The quantitative estimate of drug-likeness (QED) is 0.292. The minimum Gasteiger partial charge on any atom is -0.496 e. The van der Waals surface area contributed by atoms with Crippen LogP contribution in [0.4, 0.5) is 18.9 Å². The lowest BCUT2D eigenvalue weighted by Crippen LogP contribution is -2.20. The van der Waals surface area contributed by atoms with E-state index in [2.05, 4.69) is 5.32 Å². The van der Waals surface area contributed by atoms with Gasteiger partial charge in [-0.05, 0) is 30.3 Å². The number of hydrogen-bond acceptors (Lipinski definition) is 5. The Morgan fingerprint density at radius 2 is 1.81 bits per heavy atom. The third kappa shape index (κ3) is 5.12. The van der Waals surface area contributed by atoms with Crippen LogP contribution in [0.3, 0.4) is 0 Å². The molecule has 0 saturated heterocycles. The number of nitrogens with one attached hydrogen (secondary N) is 1. The number of halogens is 5. The standard InChI is InChI=1S/C25H16Cl2F3NO5/c1-34-18-8-3-2-5-14(18)21-23(33)15-10-9-13(11-19(15)36-24(21)25(28,29)30)35-12-20(32)31-17-7-4-6-16(26)22(17)27/h2-11H,12H2,1H3,(H,31,32). The molecule has 1 heterocycles. The number of benzene rings is 3. The van der Waals surface area contributed by atoms with E-state index in [1.54, 1.807) is 18.2 Å². The molecule has 6 nitrogen and oxygen atoms in total. The van der Waals surface area contributed by atoms with Gasteiger partial charge in [-0.1, -0.05) is 47.5 Å². The summed E-state index contributed by atoms with van der Waals surface area (Å²) >= 11 is 11.9. The third-order valence-electron chi connectivity index (χ3n) is 5.09. The number of ether oxygens (including phenoxy) is 2. The molecule has 0 saturated carbocycles. The Kier molecular flexibility index (Phi) is 7.14. The molecule has 0 radical (unpaired) electrons.